The summed E-state index contributed by atoms with van der Waals surface area (Å²) in [5.74, 6) is -11.7. The van der Waals surface area contributed by atoms with Crippen LogP contribution in [-0.4, -0.2) is 4.92 Å². The predicted molar refractivity (Wildman–Crippen MR) is 78.9 cm³/mol. The molecule has 0 aliphatic rings. The van der Waals surface area contributed by atoms with Gasteiger partial charge in [-0.1, -0.05) is 12.1 Å². The van der Waals surface area contributed by atoms with E-state index in [1.54, 1.807) is 0 Å². The van der Waals surface area contributed by atoms with Crippen molar-refractivity contribution in [2.24, 2.45) is 0 Å². The number of hydrogen-bond acceptors (Lipinski definition) is 3. The molecule has 0 heterocycles. The minimum absolute atomic E-state index is 0.0809. The van der Waals surface area contributed by atoms with Gasteiger partial charge in [0.15, 0.2) is 23.3 Å². The zero-order chi connectivity index (χ0) is 18.7. The Labute approximate surface area is 141 Å². The molecule has 0 saturated carbocycles. The van der Waals surface area contributed by atoms with Crippen molar-refractivity contribution in [1.82, 2.24) is 0 Å². The predicted octanol–water partition coefficient (Wildman–Crippen LogP) is 5.03. The van der Waals surface area contributed by atoms with Crippen LogP contribution in [0.1, 0.15) is 11.1 Å². The first-order valence-electron chi connectivity index (χ1n) is 6.47. The fourth-order valence-corrected chi connectivity index (χ4v) is 2.57. The standard InChI is InChI=1S/C15H7F6NO2S/c16-8-3-1-7(2-4-8)6-25-10(22(23)24)5-9-11(17)13(19)15(21)14(20)12(9)18/h1-5H,6H2. The number of nitrogens with zero attached hydrogens (tertiary/aromatic N) is 1. The third-order valence-corrected chi connectivity index (χ3v) is 4.03. The van der Waals surface area contributed by atoms with Gasteiger partial charge in [-0.15, -0.1) is 0 Å². The second-order valence-electron chi connectivity index (χ2n) is 4.64. The molecule has 0 spiro atoms. The van der Waals surface area contributed by atoms with Gasteiger partial charge in [-0.2, -0.15) is 0 Å². The van der Waals surface area contributed by atoms with Gasteiger partial charge in [-0.05, 0) is 29.5 Å². The summed E-state index contributed by atoms with van der Waals surface area (Å²) in [4.78, 5) is 9.97. The monoisotopic (exact) mass is 379 g/mol. The van der Waals surface area contributed by atoms with Crippen LogP contribution in [0, 0.1) is 45.0 Å². The summed E-state index contributed by atoms with van der Waals surface area (Å²) in [6.45, 7) is 0. The quantitative estimate of drug-likeness (QED) is 0.241. The number of nitro groups is 1. The van der Waals surface area contributed by atoms with Crippen molar-refractivity contribution in [2.45, 2.75) is 5.75 Å². The number of benzene rings is 2. The van der Waals surface area contributed by atoms with Crippen LogP contribution in [0.25, 0.3) is 6.08 Å². The molecule has 0 aliphatic carbocycles. The smallest absolute Gasteiger partial charge is 0.258 e. The van der Waals surface area contributed by atoms with Crippen LogP contribution in [0.3, 0.4) is 0 Å². The van der Waals surface area contributed by atoms with Crippen LogP contribution in [0.4, 0.5) is 26.3 Å². The Bertz CT molecular complexity index is 825. The van der Waals surface area contributed by atoms with Crippen molar-refractivity contribution >= 4 is 17.8 Å². The van der Waals surface area contributed by atoms with Gasteiger partial charge in [0.1, 0.15) is 5.82 Å². The van der Waals surface area contributed by atoms with Crippen molar-refractivity contribution in [2.75, 3.05) is 0 Å². The van der Waals surface area contributed by atoms with E-state index in [1.807, 2.05) is 0 Å². The van der Waals surface area contributed by atoms with E-state index in [0.29, 0.717) is 17.3 Å². The van der Waals surface area contributed by atoms with Crippen LogP contribution in [-0.2, 0) is 5.75 Å². The number of halogens is 6. The van der Waals surface area contributed by atoms with Gasteiger partial charge >= 0.3 is 5.03 Å². The van der Waals surface area contributed by atoms with Crippen molar-refractivity contribution in [3.05, 3.63) is 85.4 Å². The Hall–Kier alpha value is -2.49. The summed E-state index contributed by atoms with van der Waals surface area (Å²) >= 11 is 0.484. The van der Waals surface area contributed by atoms with Crippen molar-refractivity contribution in [1.29, 1.82) is 0 Å². The maximum atomic E-state index is 13.6. The van der Waals surface area contributed by atoms with Gasteiger partial charge < -0.3 is 0 Å². The van der Waals surface area contributed by atoms with E-state index in [9.17, 15) is 36.5 Å². The number of thioether (sulfide) groups is 1. The average molecular weight is 379 g/mol. The average Bonchev–Trinajstić information content (AvgIpc) is 2.59. The zero-order valence-corrected chi connectivity index (χ0v) is 12.9. The summed E-state index contributed by atoms with van der Waals surface area (Å²) in [6.07, 6.45) is 0.268. The van der Waals surface area contributed by atoms with Crippen LogP contribution >= 0.6 is 11.8 Å². The minimum atomic E-state index is -2.35. The molecule has 2 aromatic rings. The largest absolute Gasteiger partial charge is 0.304 e. The first-order valence-corrected chi connectivity index (χ1v) is 7.45. The number of hydrogen-bond donors (Lipinski definition) is 0. The van der Waals surface area contributed by atoms with Crippen LogP contribution in [0.15, 0.2) is 29.3 Å². The maximum Gasteiger partial charge on any atom is 0.304 e. The van der Waals surface area contributed by atoms with Crippen LogP contribution in [0.2, 0.25) is 0 Å². The Kier molecular flexibility index (Phi) is 5.73. The van der Waals surface area contributed by atoms with E-state index in [2.05, 4.69) is 0 Å². The molecule has 0 aromatic heterocycles. The van der Waals surface area contributed by atoms with Gasteiger partial charge in [0, 0.05) is 11.8 Å². The lowest BCUT2D eigenvalue weighted by molar-refractivity contribution is -0.408. The lowest BCUT2D eigenvalue weighted by Crippen LogP contribution is -2.05. The normalized spacial score (nSPS) is 11.7. The van der Waals surface area contributed by atoms with Gasteiger partial charge in [-0.3, -0.25) is 10.1 Å². The second-order valence-corrected chi connectivity index (χ2v) is 5.63. The highest BCUT2D eigenvalue weighted by Crippen LogP contribution is 2.29. The van der Waals surface area contributed by atoms with Crippen molar-refractivity contribution < 1.29 is 31.3 Å². The molecule has 0 amide bonds. The number of rotatable bonds is 5. The van der Waals surface area contributed by atoms with Gasteiger partial charge in [-0.25, -0.2) is 26.3 Å². The molecular weight excluding hydrogens is 372 g/mol. The summed E-state index contributed by atoms with van der Waals surface area (Å²) in [5.41, 5.74) is -0.953. The maximum absolute atomic E-state index is 13.6. The Morgan fingerprint density at radius 2 is 1.40 bits per heavy atom. The van der Waals surface area contributed by atoms with E-state index in [-0.39, 0.29) is 11.8 Å². The van der Waals surface area contributed by atoms with Crippen molar-refractivity contribution in [3.8, 4) is 0 Å². The Morgan fingerprint density at radius 1 is 0.920 bits per heavy atom. The highest BCUT2D eigenvalue weighted by Gasteiger charge is 2.26. The molecule has 0 aliphatic heterocycles. The molecular formula is C15H7F6NO2S. The fourth-order valence-electron chi connectivity index (χ4n) is 1.76. The molecule has 0 atom stereocenters. The topological polar surface area (TPSA) is 43.1 Å². The molecule has 0 radical (unpaired) electrons. The molecule has 0 fully saturated rings. The minimum Gasteiger partial charge on any atom is -0.258 e. The van der Waals surface area contributed by atoms with E-state index in [4.69, 9.17) is 0 Å². The lowest BCUT2D eigenvalue weighted by Gasteiger charge is -2.05. The summed E-state index contributed by atoms with van der Waals surface area (Å²) in [6, 6.07) is 4.88. The van der Waals surface area contributed by atoms with Gasteiger partial charge in [0.05, 0.1) is 10.5 Å². The van der Waals surface area contributed by atoms with E-state index in [0.717, 1.165) is 12.1 Å². The fraction of sp³-hybridized carbons (Fsp3) is 0.0667. The summed E-state index contributed by atoms with van der Waals surface area (Å²) in [5, 5.41) is 10.1. The molecule has 0 saturated heterocycles. The molecule has 25 heavy (non-hydrogen) atoms. The molecule has 2 aromatic carbocycles. The third-order valence-electron chi connectivity index (χ3n) is 2.99. The Morgan fingerprint density at radius 3 is 1.88 bits per heavy atom. The highest BCUT2D eigenvalue weighted by atomic mass is 32.2. The molecule has 0 N–H and O–H groups in total. The summed E-state index contributed by atoms with van der Waals surface area (Å²) < 4.78 is 79.2. The van der Waals surface area contributed by atoms with Gasteiger partial charge in [0.2, 0.25) is 5.82 Å². The third kappa shape index (κ3) is 4.13. The van der Waals surface area contributed by atoms with Crippen LogP contribution in [0.5, 0.6) is 0 Å². The molecule has 2 rings (SSSR count). The van der Waals surface area contributed by atoms with E-state index >= 15 is 0 Å². The molecule has 0 bridgehead atoms. The van der Waals surface area contributed by atoms with E-state index in [1.165, 1.54) is 12.1 Å². The van der Waals surface area contributed by atoms with Crippen molar-refractivity contribution in [3.63, 3.8) is 0 Å². The lowest BCUT2D eigenvalue weighted by atomic mass is 10.1. The van der Waals surface area contributed by atoms with Gasteiger partial charge in [0.25, 0.3) is 0 Å². The molecule has 132 valence electrons. The Balaban J connectivity index is 2.37. The first kappa shape index (κ1) is 18.8. The second kappa shape index (κ2) is 7.60. The summed E-state index contributed by atoms with van der Waals surface area (Å²) in [7, 11) is 0. The van der Waals surface area contributed by atoms with E-state index < -0.39 is 50.4 Å². The molecule has 10 heteroatoms. The molecule has 3 nitrogen and oxygen atoms in total. The first-order chi connectivity index (χ1) is 11.7. The highest BCUT2D eigenvalue weighted by molar-refractivity contribution is 8.02. The SMILES string of the molecule is O=[N+]([O-])C(=Cc1c(F)c(F)c(F)c(F)c1F)SCc1ccc(F)cc1. The molecule has 0 unspecified atom stereocenters. The zero-order valence-electron chi connectivity index (χ0n) is 12.0. The van der Waals surface area contributed by atoms with Crippen LogP contribution < -0.4 is 0 Å².